The Morgan fingerprint density at radius 3 is 2.35 bits per heavy atom. The largest absolute Gasteiger partial charge is 0.379 e. The molecule has 1 amide bonds. The minimum atomic E-state index is -3.88. The summed E-state index contributed by atoms with van der Waals surface area (Å²) >= 11 is 0. The fourth-order valence-corrected chi connectivity index (χ4v) is 8.80. The van der Waals surface area contributed by atoms with Gasteiger partial charge in [-0.15, -0.1) is 0 Å². The van der Waals surface area contributed by atoms with E-state index in [9.17, 15) is 21.6 Å². The van der Waals surface area contributed by atoms with Crippen LogP contribution >= 0.6 is 0 Å². The lowest BCUT2D eigenvalue weighted by Crippen LogP contribution is -2.57. The highest BCUT2D eigenvalue weighted by atomic mass is 32.2. The van der Waals surface area contributed by atoms with Crippen molar-refractivity contribution in [2.24, 2.45) is 0 Å². The summed E-state index contributed by atoms with van der Waals surface area (Å²) in [5, 5.41) is 4.76. The van der Waals surface area contributed by atoms with Crippen LogP contribution in [-0.4, -0.2) is 88.8 Å². The van der Waals surface area contributed by atoms with E-state index in [-0.39, 0.29) is 22.1 Å². The zero-order valence-corrected chi connectivity index (χ0v) is 19.8. The van der Waals surface area contributed by atoms with Crippen LogP contribution in [0.1, 0.15) is 20.8 Å². The third-order valence-electron chi connectivity index (χ3n) is 5.87. The Labute approximate surface area is 184 Å². The molecular weight excluding hydrogens is 442 g/mol. The molecule has 2 aliphatic heterocycles. The predicted molar refractivity (Wildman–Crippen MR) is 119 cm³/mol. The van der Waals surface area contributed by atoms with Gasteiger partial charge in [0.15, 0.2) is 19.7 Å². The SMILES string of the molecule is CC(=O)Nc1ccc(S(=O)(=O)[C@H]2CS(=O)(=O)C[C@@H]2NCC(C)(C)N2CCOCC2)cc1. The number of amides is 1. The summed E-state index contributed by atoms with van der Waals surface area (Å²) in [5.41, 5.74) is 0.206. The molecule has 0 spiro atoms. The van der Waals surface area contributed by atoms with Crippen molar-refractivity contribution in [2.45, 2.75) is 42.5 Å². The number of ether oxygens (including phenoxy) is 1. The zero-order valence-electron chi connectivity index (χ0n) is 18.1. The maximum absolute atomic E-state index is 13.3. The minimum Gasteiger partial charge on any atom is -0.379 e. The van der Waals surface area contributed by atoms with Crippen LogP contribution in [0.5, 0.6) is 0 Å². The van der Waals surface area contributed by atoms with Gasteiger partial charge in [-0.25, -0.2) is 16.8 Å². The molecule has 2 heterocycles. The van der Waals surface area contributed by atoms with Crippen LogP contribution in [0.2, 0.25) is 0 Å². The lowest BCUT2D eigenvalue weighted by molar-refractivity contribution is -0.114. The first kappa shape index (κ1) is 24.1. The third-order valence-corrected chi connectivity index (χ3v) is 10.0. The van der Waals surface area contributed by atoms with Crippen LogP contribution in [-0.2, 0) is 29.2 Å². The molecule has 31 heavy (non-hydrogen) atoms. The Hall–Kier alpha value is -1.53. The first-order chi connectivity index (χ1) is 14.4. The van der Waals surface area contributed by atoms with Gasteiger partial charge in [0.1, 0.15) is 0 Å². The van der Waals surface area contributed by atoms with Crippen LogP contribution in [0.15, 0.2) is 29.2 Å². The number of morpholine rings is 1. The van der Waals surface area contributed by atoms with E-state index in [1.807, 2.05) is 0 Å². The lowest BCUT2D eigenvalue weighted by Gasteiger charge is -2.41. The summed E-state index contributed by atoms with van der Waals surface area (Å²) in [7, 11) is -7.37. The molecule has 2 atom stereocenters. The van der Waals surface area contributed by atoms with Crippen LogP contribution in [0.3, 0.4) is 0 Å². The van der Waals surface area contributed by atoms with Gasteiger partial charge in [0.25, 0.3) is 0 Å². The molecule has 0 radical (unpaired) electrons. The quantitative estimate of drug-likeness (QED) is 0.579. The van der Waals surface area contributed by atoms with Gasteiger partial charge in [-0.3, -0.25) is 9.69 Å². The summed E-state index contributed by atoms with van der Waals surface area (Å²) in [4.78, 5) is 13.5. The maximum atomic E-state index is 13.3. The van der Waals surface area contributed by atoms with Crippen molar-refractivity contribution >= 4 is 31.3 Å². The van der Waals surface area contributed by atoms with Crippen molar-refractivity contribution in [1.29, 1.82) is 0 Å². The molecule has 0 saturated carbocycles. The normalized spacial score (nSPS) is 24.7. The van der Waals surface area contributed by atoms with Gasteiger partial charge in [0.05, 0.1) is 34.9 Å². The van der Waals surface area contributed by atoms with Crippen molar-refractivity contribution in [1.82, 2.24) is 10.2 Å². The van der Waals surface area contributed by atoms with E-state index in [0.717, 1.165) is 13.1 Å². The second kappa shape index (κ2) is 9.14. The second-order valence-electron chi connectivity index (χ2n) is 8.77. The Morgan fingerprint density at radius 2 is 1.77 bits per heavy atom. The summed E-state index contributed by atoms with van der Waals surface area (Å²) in [6.45, 7) is 8.78. The standard InChI is InChI=1S/C20H31N3O6S2/c1-15(24)22-16-4-6-17(7-5-16)31(27,28)19-13-30(25,26)12-18(19)21-14-20(2,3)23-8-10-29-11-9-23/h4-7,18-19,21H,8-14H2,1-3H3,(H,22,24)/t18-,19-/m0/s1. The van der Waals surface area contributed by atoms with Gasteiger partial charge in [0.2, 0.25) is 5.91 Å². The summed E-state index contributed by atoms with van der Waals surface area (Å²) in [5.74, 6) is -0.872. The van der Waals surface area contributed by atoms with Gasteiger partial charge in [-0.1, -0.05) is 0 Å². The summed E-state index contributed by atoms with van der Waals surface area (Å²) < 4.78 is 56.6. The molecular formula is C20H31N3O6S2. The molecule has 0 aliphatic carbocycles. The monoisotopic (exact) mass is 473 g/mol. The van der Waals surface area contributed by atoms with Crippen molar-refractivity contribution < 1.29 is 26.4 Å². The van der Waals surface area contributed by atoms with Crippen LogP contribution < -0.4 is 10.6 Å². The molecule has 0 bridgehead atoms. The fourth-order valence-electron chi connectivity index (χ4n) is 4.08. The van der Waals surface area contributed by atoms with E-state index >= 15 is 0 Å². The summed E-state index contributed by atoms with van der Waals surface area (Å²) in [6.07, 6.45) is 0. The Kier molecular flexibility index (Phi) is 7.11. The molecule has 9 nitrogen and oxygen atoms in total. The van der Waals surface area contributed by atoms with Crippen LogP contribution in [0, 0.1) is 0 Å². The lowest BCUT2D eigenvalue weighted by atomic mass is 10.0. The number of benzene rings is 1. The number of rotatable bonds is 7. The molecule has 2 saturated heterocycles. The molecule has 2 aliphatic rings. The number of hydrogen-bond acceptors (Lipinski definition) is 8. The Morgan fingerprint density at radius 1 is 1.16 bits per heavy atom. The molecule has 1 aromatic carbocycles. The van der Waals surface area contributed by atoms with Crippen molar-refractivity contribution in [3.05, 3.63) is 24.3 Å². The molecule has 174 valence electrons. The average Bonchev–Trinajstić information content (AvgIpc) is 3.03. The molecule has 3 rings (SSSR count). The van der Waals surface area contributed by atoms with E-state index in [4.69, 9.17) is 4.74 Å². The number of carbonyl (C=O) groups is 1. The third kappa shape index (κ3) is 5.83. The number of nitrogens with one attached hydrogen (secondary N) is 2. The number of carbonyl (C=O) groups excluding carboxylic acids is 1. The van der Waals surface area contributed by atoms with Crippen molar-refractivity contribution in [3.63, 3.8) is 0 Å². The highest BCUT2D eigenvalue weighted by Crippen LogP contribution is 2.27. The topological polar surface area (TPSA) is 122 Å². The van der Waals surface area contributed by atoms with Crippen molar-refractivity contribution in [3.8, 4) is 0 Å². The van der Waals surface area contributed by atoms with Crippen LogP contribution in [0.25, 0.3) is 0 Å². The predicted octanol–water partition coefficient (Wildman–Crippen LogP) is 0.285. The first-order valence-electron chi connectivity index (χ1n) is 10.3. The van der Waals surface area contributed by atoms with Gasteiger partial charge in [0, 0.05) is 43.8 Å². The highest BCUT2D eigenvalue weighted by molar-refractivity contribution is 7.96. The molecule has 2 fully saturated rings. The Balaban J connectivity index is 1.76. The van der Waals surface area contributed by atoms with E-state index in [1.54, 1.807) is 0 Å². The van der Waals surface area contributed by atoms with E-state index in [0.29, 0.717) is 25.4 Å². The molecule has 2 N–H and O–H groups in total. The molecule has 0 aromatic heterocycles. The first-order valence-corrected chi connectivity index (χ1v) is 13.7. The van der Waals surface area contributed by atoms with Gasteiger partial charge >= 0.3 is 0 Å². The van der Waals surface area contributed by atoms with Gasteiger partial charge in [-0.2, -0.15) is 0 Å². The Bertz CT molecular complexity index is 1000. The smallest absolute Gasteiger partial charge is 0.221 e. The fraction of sp³-hybridized carbons (Fsp3) is 0.650. The maximum Gasteiger partial charge on any atom is 0.221 e. The second-order valence-corrected chi connectivity index (χ2v) is 13.1. The van der Waals surface area contributed by atoms with E-state index in [1.165, 1.54) is 31.2 Å². The summed E-state index contributed by atoms with van der Waals surface area (Å²) in [6, 6.07) is 5.12. The number of anilines is 1. The average molecular weight is 474 g/mol. The molecule has 11 heteroatoms. The van der Waals surface area contributed by atoms with E-state index < -0.39 is 36.7 Å². The zero-order chi connectivity index (χ0) is 22.9. The minimum absolute atomic E-state index is 0.0444. The van der Waals surface area contributed by atoms with Crippen molar-refractivity contribution in [2.75, 3.05) is 49.7 Å². The number of sulfone groups is 2. The molecule has 1 aromatic rings. The van der Waals surface area contributed by atoms with Crippen LogP contribution in [0.4, 0.5) is 5.69 Å². The number of nitrogens with zero attached hydrogens (tertiary/aromatic N) is 1. The van der Waals surface area contributed by atoms with E-state index in [2.05, 4.69) is 29.4 Å². The van der Waals surface area contributed by atoms with Gasteiger partial charge < -0.3 is 15.4 Å². The molecule has 0 unspecified atom stereocenters. The highest BCUT2D eigenvalue weighted by Gasteiger charge is 2.46. The number of hydrogen-bond donors (Lipinski definition) is 2. The van der Waals surface area contributed by atoms with Gasteiger partial charge in [-0.05, 0) is 38.1 Å².